The largest absolute Gasteiger partial charge is 0.312 e. The predicted molar refractivity (Wildman–Crippen MR) is 83.1 cm³/mol. The molecule has 3 unspecified atom stereocenters. The minimum absolute atomic E-state index is 0.713. The molecule has 104 valence electrons. The number of nitrogens with zero attached hydrogens (tertiary/aromatic N) is 1. The Hall–Kier alpha value is -0.380. The molecule has 1 aliphatic heterocycles. The Kier molecular flexibility index (Phi) is 4.25. The van der Waals surface area contributed by atoms with Crippen molar-refractivity contribution in [3.8, 4) is 0 Å². The van der Waals surface area contributed by atoms with Gasteiger partial charge in [0.25, 0.3) is 0 Å². The molecule has 1 aromatic carbocycles. The van der Waals surface area contributed by atoms with Crippen molar-refractivity contribution in [2.24, 2.45) is 11.8 Å². The summed E-state index contributed by atoms with van der Waals surface area (Å²) < 4.78 is 1.17. The monoisotopic (exact) mass is 322 g/mol. The van der Waals surface area contributed by atoms with Crippen molar-refractivity contribution >= 4 is 15.9 Å². The number of hydrogen-bond donors (Lipinski definition) is 1. The van der Waals surface area contributed by atoms with Crippen LogP contribution in [0.1, 0.15) is 24.8 Å². The first kappa shape index (κ1) is 13.6. The zero-order valence-electron chi connectivity index (χ0n) is 11.6. The van der Waals surface area contributed by atoms with Crippen molar-refractivity contribution in [2.75, 3.05) is 20.1 Å². The summed E-state index contributed by atoms with van der Waals surface area (Å²) in [6, 6.07) is 9.35. The summed E-state index contributed by atoms with van der Waals surface area (Å²) in [4.78, 5) is 2.46. The molecule has 1 saturated heterocycles. The van der Waals surface area contributed by atoms with E-state index in [9.17, 15) is 0 Å². The van der Waals surface area contributed by atoms with E-state index in [1.165, 1.54) is 42.4 Å². The van der Waals surface area contributed by atoms with Gasteiger partial charge in [0.2, 0.25) is 0 Å². The summed E-state index contributed by atoms with van der Waals surface area (Å²) in [7, 11) is 2.24. The van der Waals surface area contributed by atoms with Crippen molar-refractivity contribution in [1.29, 1.82) is 0 Å². The molecule has 3 atom stereocenters. The molecule has 1 aliphatic carbocycles. The molecular formula is C16H23BrN2. The Morgan fingerprint density at radius 3 is 3.11 bits per heavy atom. The molecule has 1 heterocycles. The number of nitrogens with one attached hydrogen (secondary N) is 1. The normalized spacial score (nSPS) is 29.9. The van der Waals surface area contributed by atoms with Crippen LogP contribution in [0, 0.1) is 11.8 Å². The second kappa shape index (κ2) is 5.94. The van der Waals surface area contributed by atoms with Gasteiger partial charge in [-0.1, -0.05) is 34.5 Å². The molecule has 1 N–H and O–H groups in total. The quantitative estimate of drug-likeness (QED) is 0.915. The fraction of sp³-hybridized carbons (Fsp3) is 0.625. The van der Waals surface area contributed by atoms with Crippen LogP contribution in [-0.4, -0.2) is 31.1 Å². The lowest BCUT2D eigenvalue weighted by Gasteiger charge is -2.25. The van der Waals surface area contributed by atoms with Crippen LogP contribution in [0.3, 0.4) is 0 Å². The molecule has 2 fully saturated rings. The third kappa shape index (κ3) is 3.21. The Labute approximate surface area is 124 Å². The van der Waals surface area contributed by atoms with E-state index in [0.717, 1.165) is 18.4 Å². The van der Waals surface area contributed by atoms with Crippen LogP contribution in [0.15, 0.2) is 28.7 Å². The lowest BCUT2D eigenvalue weighted by molar-refractivity contribution is 0.259. The van der Waals surface area contributed by atoms with Crippen molar-refractivity contribution < 1.29 is 0 Å². The number of fused-ring (bicyclic) bond motifs is 1. The maximum Gasteiger partial charge on any atom is 0.0231 e. The van der Waals surface area contributed by atoms with Crippen LogP contribution >= 0.6 is 15.9 Å². The Balaban J connectivity index is 1.55. The van der Waals surface area contributed by atoms with Crippen molar-refractivity contribution in [3.63, 3.8) is 0 Å². The van der Waals surface area contributed by atoms with Gasteiger partial charge in [-0.15, -0.1) is 0 Å². The summed E-state index contributed by atoms with van der Waals surface area (Å²) in [5.74, 6) is 1.90. The fourth-order valence-electron chi connectivity index (χ4n) is 3.85. The lowest BCUT2D eigenvalue weighted by atomic mass is 9.94. The molecule has 3 rings (SSSR count). The van der Waals surface area contributed by atoms with E-state index in [2.05, 4.69) is 57.5 Å². The zero-order valence-corrected chi connectivity index (χ0v) is 13.2. The van der Waals surface area contributed by atoms with E-state index >= 15 is 0 Å². The average molecular weight is 323 g/mol. The van der Waals surface area contributed by atoms with E-state index < -0.39 is 0 Å². The van der Waals surface area contributed by atoms with Crippen LogP contribution in [-0.2, 0) is 6.54 Å². The number of likely N-dealkylation sites (N-methyl/N-ethyl adjacent to an activating group) is 1. The first-order valence-electron chi connectivity index (χ1n) is 7.39. The summed E-state index contributed by atoms with van der Waals surface area (Å²) in [6.45, 7) is 3.46. The van der Waals surface area contributed by atoms with Crippen LogP contribution < -0.4 is 5.32 Å². The molecular weight excluding hydrogens is 300 g/mol. The van der Waals surface area contributed by atoms with E-state index in [1.54, 1.807) is 0 Å². The standard InChI is InChI=1S/C16H23BrN2/c1-19(10-12-4-2-6-14(17)8-12)11-16-15-7-3-5-13(15)9-18-16/h2,4,6,8,13,15-16,18H,3,5,7,9-11H2,1H3. The first-order chi connectivity index (χ1) is 9.22. The summed E-state index contributed by atoms with van der Waals surface area (Å²) in [6.07, 6.45) is 4.33. The highest BCUT2D eigenvalue weighted by Crippen LogP contribution is 2.37. The summed E-state index contributed by atoms with van der Waals surface area (Å²) in [5, 5.41) is 3.74. The van der Waals surface area contributed by atoms with Gasteiger partial charge in [-0.3, -0.25) is 0 Å². The van der Waals surface area contributed by atoms with E-state index in [1.807, 2.05) is 0 Å². The zero-order chi connectivity index (χ0) is 13.2. The van der Waals surface area contributed by atoms with Crippen LogP contribution in [0.2, 0.25) is 0 Å². The van der Waals surface area contributed by atoms with Crippen LogP contribution in [0.5, 0.6) is 0 Å². The molecule has 0 spiro atoms. The maximum atomic E-state index is 3.74. The smallest absolute Gasteiger partial charge is 0.0231 e. The van der Waals surface area contributed by atoms with E-state index in [0.29, 0.717) is 6.04 Å². The van der Waals surface area contributed by atoms with Crippen molar-refractivity contribution in [2.45, 2.75) is 31.8 Å². The fourth-order valence-corrected chi connectivity index (χ4v) is 4.30. The number of hydrogen-bond acceptors (Lipinski definition) is 2. The molecule has 0 amide bonds. The van der Waals surface area contributed by atoms with Crippen molar-refractivity contribution in [3.05, 3.63) is 34.3 Å². The Morgan fingerprint density at radius 1 is 1.37 bits per heavy atom. The van der Waals surface area contributed by atoms with E-state index in [4.69, 9.17) is 0 Å². The van der Waals surface area contributed by atoms with Gasteiger partial charge in [0.15, 0.2) is 0 Å². The van der Waals surface area contributed by atoms with Gasteiger partial charge in [-0.25, -0.2) is 0 Å². The van der Waals surface area contributed by atoms with E-state index in [-0.39, 0.29) is 0 Å². The molecule has 2 aliphatic rings. The van der Waals surface area contributed by atoms with Gasteiger partial charge in [-0.05, 0) is 56.0 Å². The van der Waals surface area contributed by atoms with Gasteiger partial charge in [0.1, 0.15) is 0 Å². The Morgan fingerprint density at radius 2 is 2.26 bits per heavy atom. The highest BCUT2D eigenvalue weighted by atomic mass is 79.9. The minimum atomic E-state index is 0.713. The number of rotatable bonds is 4. The lowest BCUT2D eigenvalue weighted by Crippen LogP contribution is -2.38. The molecule has 1 saturated carbocycles. The van der Waals surface area contributed by atoms with Gasteiger partial charge in [-0.2, -0.15) is 0 Å². The molecule has 0 aromatic heterocycles. The van der Waals surface area contributed by atoms with Crippen LogP contribution in [0.25, 0.3) is 0 Å². The van der Waals surface area contributed by atoms with Gasteiger partial charge < -0.3 is 10.2 Å². The molecule has 0 bridgehead atoms. The SMILES string of the molecule is CN(Cc1cccc(Br)c1)CC1NCC2CCCC21. The highest BCUT2D eigenvalue weighted by Gasteiger charge is 2.38. The highest BCUT2D eigenvalue weighted by molar-refractivity contribution is 9.10. The third-order valence-corrected chi connectivity index (χ3v) is 5.22. The topological polar surface area (TPSA) is 15.3 Å². The van der Waals surface area contributed by atoms with Gasteiger partial charge in [0.05, 0.1) is 0 Å². The molecule has 1 aromatic rings. The molecule has 3 heteroatoms. The Bertz CT molecular complexity index is 435. The number of halogens is 1. The molecule has 0 radical (unpaired) electrons. The van der Waals surface area contributed by atoms with Crippen LogP contribution in [0.4, 0.5) is 0 Å². The second-order valence-electron chi connectivity index (χ2n) is 6.20. The summed E-state index contributed by atoms with van der Waals surface area (Å²) in [5.41, 5.74) is 1.39. The molecule has 19 heavy (non-hydrogen) atoms. The molecule has 2 nitrogen and oxygen atoms in total. The third-order valence-electron chi connectivity index (χ3n) is 4.73. The summed E-state index contributed by atoms with van der Waals surface area (Å²) >= 11 is 3.55. The van der Waals surface area contributed by atoms with Gasteiger partial charge in [0, 0.05) is 23.6 Å². The first-order valence-corrected chi connectivity index (χ1v) is 8.18. The van der Waals surface area contributed by atoms with Gasteiger partial charge >= 0.3 is 0 Å². The predicted octanol–water partition coefficient (Wildman–Crippen LogP) is 3.27. The average Bonchev–Trinajstić information content (AvgIpc) is 2.94. The second-order valence-corrected chi connectivity index (χ2v) is 7.11. The maximum absolute atomic E-state index is 3.74. The minimum Gasteiger partial charge on any atom is -0.312 e. The van der Waals surface area contributed by atoms with Crippen molar-refractivity contribution in [1.82, 2.24) is 10.2 Å². The number of benzene rings is 1.